The van der Waals surface area contributed by atoms with Crippen molar-refractivity contribution in [1.29, 1.82) is 0 Å². The van der Waals surface area contributed by atoms with Crippen molar-refractivity contribution < 1.29 is 0 Å². The Balaban J connectivity index is 2.02. The second-order valence-corrected chi connectivity index (χ2v) is 5.51. The van der Waals surface area contributed by atoms with Gasteiger partial charge < -0.3 is 14.8 Å². The lowest BCUT2D eigenvalue weighted by Crippen LogP contribution is -2.22. The van der Waals surface area contributed by atoms with Crippen LogP contribution in [0.2, 0.25) is 0 Å². The van der Waals surface area contributed by atoms with Crippen LogP contribution in [0, 0.1) is 0 Å². The van der Waals surface area contributed by atoms with Crippen molar-refractivity contribution in [2.45, 2.75) is 26.1 Å². The number of aryl methyl sites for hydroxylation is 1. The lowest BCUT2D eigenvalue weighted by atomic mass is 10.1. The summed E-state index contributed by atoms with van der Waals surface area (Å²) in [6.07, 6.45) is 3.82. The molecule has 20 heavy (non-hydrogen) atoms. The fraction of sp³-hybridized carbons (Fsp3) is 0.438. The van der Waals surface area contributed by atoms with Crippen molar-refractivity contribution in [2.75, 3.05) is 14.1 Å². The highest BCUT2D eigenvalue weighted by molar-refractivity contribution is 5.27. The van der Waals surface area contributed by atoms with Gasteiger partial charge in [0, 0.05) is 32.5 Å². The first kappa shape index (κ1) is 14.8. The zero-order valence-corrected chi connectivity index (χ0v) is 12.8. The molecule has 4 nitrogen and oxygen atoms in total. The summed E-state index contributed by atoms with van der Waals surface area (Å²) in [5, 5.41) is 3.55. The quantitative estimate of drug-likeness (QED) is 0.876. The summed E-state index contributed by atoms with van der Waals surface area (Å²) in [6, 6.07) is 8.83. The third-order valence-corrected chi connectivity index (χ3v) is 3.45. The largest absolute Gasteiger partial charge is 0.337 e. The van der Waals surface area contributed by atoms with Crippen molar-refractivity contribution in [1.82, 2.24) is 19.8 Å². The van der Waals surface area contributed by atoms with Crippen LogP contribution in [0.4, 0.5) is 0 Å². The molecule has 1 heterocycles. The average Bonchev–Trinajstić information content (AvgIpc) is 2.83. The van der Waals surface area contributed by atoms with E-state index in [1.807, 2.05) is 19.4 Å². The van der Waals surface area contributed by atoms with Crippen LogP contribution in [0.3, 0.4) is 0 Å². The van der Waals surface area contributed by atoms with E-state index in [-0.39, 0.29) is 6.04 Å². The van der Waals surface area contributed by atoms with Gasteiger partial charge in [0.15, 0.2) is 0 Å². The monoisotopic (exact) mass is 272 g/mol. The van der Waals surface area contributed by atoms with Crippen LogP contribution in [-0.4, -0.2) is 28.5 Å². The Labute approximate surface area is 121 Å². The molecule has 1 N–H and O–H groups in total. The molecular weight excluding hydrogens is 248 g/mol. The number of aromatic nitrogens is 2. The van der Waals surface area contributed by atoms with Gasteiger partial charge in [-0.2, -0.15) is 0 Å². The Bertz CT molecular complexity index is 545. The molecule has 0 aliphatic heterocycles. The molecule has 108 valence electrons. The summed E-state index contributed by atoms with van der Waals surface area (Å²) in [6.45, 7) is 3.98. The molecule has 1 unspecified atom stereocenters. The van der Waals surface area contributed by atoms with Crippen LogP contribution in [0.5, 0.6) is 0 Å². The minimum absolute atomic E-state index is 0.238. The number of rotatable bonds is 6. The lowest BCUT2D eigenvalue weighted by molar-refractivity contribution is 0.399. The molecule has 1 atom stereocenters. The van der Waals surface area contributed by atoms with E-state index in [4.69, 9.17) is 0 Å². The van der Waals surface area contributed by atoms with E-state index in [1.54, 1.807) is 0 Å². The Hall–Kier alpha value is -1.65. The van der Waals surface area contributed by atoms with E-state index in [9.17, 15) is 0 Å². The van der Waals surface area contributed by atoms with Crippen molar-refractivity contribution in [3.8, 4) is 0 Å². The Kier molecular flexibility index (Phi) is 4.93. The van der Waals surface area contributed by atoms with Crippen molar-refractivity contribution >= 4 is 0 Å². The molecule has 2 aromatic rings. The van der Waals surface area contributed by atoms with Gasteiger partial charge in [-0.3, -0.25) is 0 Å². The zero-order valence-electron chi connectivity index (χ0n) is 12.8. The van der Waals surface area contributed by atoms with Gasteiger partial charge in [-0.05, 0) is 32.1 Å². The van der Waals surface area contributed by atoms with Gasteiger partial charge in [-0.15, -0.1) is 0 Å². The summed E-state index contributed by atoms with van der Waals surface area (Å²) in [5.41, 5.74) is 2.72. The maximum atomic E-state index is 4.39. The molecule has 0 spiro atoms. The molecule has 2 rings (SSSR count). The van der Waals surface area contributed by atoms with Gasteiger partial charge in [0.2, 0.25) is 0 Å². The van der Waals surface area contributed by atoms with E-state index in [0.717, 1.165) is 18.9 Å². The van der Waals surface area contributed by atoms with E-state index in [1.165, 1.54) is 11.1 Å². The highest BCUT2D eigenvalue weighted by atomic mass is 15.1. The second kappa shape index (κ2) is 6.68. The number of hydrogen-bond acceptors (Lipinski definition) is 3. The fourth-order valence-corrected chi connectivity index (χ4v) is 2.37. The van der Waals surface area contributed by atoms with Gasteiger partial charge in [-0.1, -0.05) is 24.3 Å². The number of benzene rings is 1. The molecule has 0 radical (unpaired) electrons. The third kappa shape index (κ3) is 3.68. The predicted molar refractivity (Wildman–Crippen MR) is 82.3 cm³/mol. The molecule has 0 amide bonds. The van der Waals surface area contributed by atoms with Crippen LogP contribution >= 0.6 is 0 Å². The van der Waals surface area contributed by atoms with Crippen LogP contribution < -0.4 is 5.32 Å². The molecule has 0 saturated heterocycles. The topological polar surface area (TPSA) is 33.1 Å². The average molecular weight is 272 g/mol. The summed E-state index contributed by atoms with van der Waals surface area (Å²) in [4.78, 5) is 6.59. The molecule has 4 heteroatoms. The van der Waals surface area contributed by atoms with Gasteiger partial charge in [0.05, 0.1) is 6.04 Å². The number of hydrogen-bond donors (Lipinski definition) is 1. The number of nitrogens with one attached hydrogen (secondary N) is 1. The summed E-state index contributed by atoms with van der Waals surface area (Å²) in [7, 11) is 6.22. The molecule has 0 aliphatic carbocycles. The van der Waals surface area contributed by atoms with Gasteiger partial charge in [0.25, 0.3) is 0 Å². The smallest absolute Gasteiger partial charge is 0.125 e. The summed E-state index contributed by atoms with van der Waals surface area (Å²) >= 11 is 0. The zero-order chi connectivity index (χ0) is 14.5. The van der Waals surface area contributed by atoms with E-state index in [2.05, 4.69) is 65.1 Å². The van der Waals surface area contributed by atoms with Crippen LogP contribution in [-0.2, 0) is 20.1 Å². The minimum atomic E-state index is 0.238. The Morgan fingerprint density at radius 3 is 2.55 bits per heavy atom. The van der Waals surface area contributed by atoms with Crippen molar-refractivity contribution in [2.24, 2.45) is 7.05 Å². The SMILES string of the molecule is CC(NCc1ccccc1CN(C)C)c1nccn1C. The molecule has 0 fully saturated rings. The summed E-state index contributed by atoms with van der Waals surface area (Å²) < 4.78 is 2.06. The first-order chi connectivity index (χ1) is 9.58. The Morgan fingerprint density at radius 2 is 1.95 bits per heavy atom. The van der Waals surface area contributed by atoms with Gasteiger partial charge >= 0.3 is 0 Å². The predicted octanol–water partition coefficient (Wildman–Crippen LogP) is 2.33. The maximum absolute atomic E-state index is 4.39. The van der Waals surface area contributed by atoms with Gasteiger partial charge in [-0.25, -0.2) is 4.98 Å². The van der Waals surface area contributed by atoms with Crippen molar-refractivity contribution in [3.63, 3.8) is 0 Å². The van der Waals surface area contributed by atoms with Gasteiger partial charge in [0.1, 0.15) is 5.82 Å². The molecule has 1 aromatic heterocycles. The second-order valence-electron chi connectivity index (χ2n) is 5.51. The summed E-state index contributed by atoms with van der Waals surface area (Å²) in [5.74, 6) is 1.06. The lowest BCUT2D eigenvalue weighted by Gasteiger charge is -2.17. The highest BCUT2D eigenvalue weighted by Gasteiger charge is 2.10. The highest BCUT2D eigenvalue weighted by Crippen LogP contribution is 2.13. The van der Waals surface area contributed by atoms with Crippen molar-refractivity contribution in [3.05, 3.63) is 53.6 Å². The standard InChI is InChI=1S/C16H24N4/c1-13(16-17-9-10-20(16)4)18-11-14-7-5-6-8-15(14)12-19(2)3/h5-10,13,18H,11-12H2,1-4H3. The first-order valence-corrected chi connectivity index (χ1v) is 7.00. The Morgan fingerprint density at radius 1 is 1.25 bits per heavy atom. The van der Waals surface area contributed by atoms with Crippen LogP contribution in [0.1, 0.15) is 29.9 Å². The maximum Gasteiger partial charge on any atom is 0.125 e. The van der Waals surface area contributed by atoms with Crippen LogP contribution in [0.25, 0.3) is 0 Å². The first-order valence-electron chi connectivity index (χ1n) is 7.00. The molecule has 1 aromatic carbocycles. The van der Waals surface area contributed by atoms with E-state index >= 15 is 0 Å². The van der Waals surface area contributed by atoms with E-state index < -0.39 is 0 Å². The number of nitrogens with zero attached hydrogens (tertiary/aromatic N) is 3. The molecule has 0 saturated carbocycles. The normalized spacial score (nSPS) is 12.8. The van der Waals surface area contributed by atoms with E-state index in [0.29, 0.717) is 0 Å². The number of imidazole rings is 1. The third-order valence-electron chi connectivity index (χ3n) is 3.45. The molecule has 0 aliphatic rings. The minimum Gasteiger partial charge on any atom is -0.337 e. The van der Waals surface area contributed by atoms with Crippen LogP contribution in [0.15, 0.2) is 36.7 Å². The molecular formula is C16H24N4. The fourth-order valence-electron chi connectivity index (χ4n) is 2.37. The molecule has 0 bridgehead atoms.